The summed E-state index contributed by atoms with van der Waals surface area (Å²) in [6, 6.07) is 0.469. The molecule has 0 saturated heterocycles. The highest BCUT2D eigenvalue weighted by molar-refractivity contribution is 4.69. The van der Waals surface area contributed by atoms with E-state index in [1.54, 1.807) is 0 Å². The van der Waals surface area contributed by atoms with Crippen molar-refractivity contribution < 1.29 is 9.84 Å². The largest absolute Gasteiger partial charge is 0.389 e. The molecule has 0 amide bonds. The van der Waals surface area contributed by atoms with Gasteiger partial charge in [-0.15, -0.1) is 0 Å². The molecule has 0 bridgehead atoms. The van der Waals surface area contributed by atoms with Crippen LogP contribution in [0.5, 0.6) is 0 Å². The summed E-state index contributed by atoms with van der Waals surface area (Å²) in [6.07, 6.45) is -0.198. The molecule has 1 unspecified atom stereocenters. The molecule has 0 aliphatic rings. The van der Waals surface area contributed by atoms with E-state index in [1.807, 2.05) is 13.8 Å². The van der Waals surface area contributed by atoms with Crippen LogP contribution < -0.4 is 0 Å². The van der Waals surface area contributed by atoms with Gasteiger partial charge in [-0.3, -0.25) is 4.90 Å². The van der Waals surface area contributed by atoms with Gasteiger partial charge >= 0.3 is 0 Å². The van der Waals surface area contributed by atoms with Crippen LogP contribution in [0.1, 0.15) is 41.5 Å². The van der Waals surface area contributed by atoms with E-state index in [0.29, 0.717) is 25.1 Å². The normalized spacial score (nSPS) is 14.4. The third-order valence-electron chi connectivity index (χ3n) is 2.40. The Morgan fingerprint density at radius 3 is 1.94 bits per heavy atom. The molecule has 0 fully saturated rings. The molecule has 0 saturated carbocycles. The Hall–Kier alpha value is -0.120. The van der Waals surface area contributed by atoms with Crippen LogP contribution in [0.4, 0.5) is 0 Å². The molecule has 0 aromatic heterocycles. The second-order valence-corrected chi connectivity index (χ2v) is 5.48. The summed E-state index contributed by atoms with van der Waals surface area (Å²) in [5.41, 5.74) is 0. The van der Waals surface area contributed by atoms with Crippen molar-refractivity contribution >= 4 is 0 Å². The van der Waals surface area contributed by atoms with Crippen molar-refractivity contribution in [1.29, 1.82) is 0 Å². The number of rotatable bonds is 8. The van der Waals surface area contributed by atoms with Gasteiger partial charge in [-0.25, -0.2) is 0 Å². The van der Waals surface area contributed by atoms with E-state index in [9.17, 15) is 5.11 Å². The lowest BCUT2D eigenvalue weighted by Crippen LogP contribution is -2.41. The Labute approximate surface area is 101 Å². The minimum Gasteiger partial charge on any atom is -0.389 e. The lowest BCUT2D eigenvalue weighted by molar-refractivity contribution is -0.0138. The highest BCUT2D eigenvalue weighted by Crippen LogP contribution is 2.06. The molecule has 0 aromatic rings. The number of hydrogen-bond acceptors (Lipinski definition) is 3. The van der Waals surface area contributed by atoms with Crippen molar-refractivity contribution in [2.75, 3.05) is 19.7 Å². The van der Waals surface area contributed by atoms with Crippen molar-refractivity contribution in [3.63, 3.8) is 0 Å². The van der Waals surface area contributed by atoms with E-state index in [0.717, 1.165) is 6.54 Å². The van der Waals surface area contributed by atoms with Crippen molar-refractivity contribution in [2.24, 2.45) is 5.92 Å². The molecule has 0 rings (SSSR count). The van der Waals surface area contributed by atoms with Crippen LogP contribution in [0.15, 0.2) is 0 Å². The molecule has 1 atom stereocenters. The van der Waals surface area contributed by atoms with Gasteiger partial charge in [-0.2, -0.15) is 0 Å². The van der Waals surface area contributed by atoms with Crippen molar-refractivity contribution in [2.45, 2.75) is 59.8 Å². The van der Waals surface area contributed by atoms with Crippen LogP contribution in [0.2, 0.25) is 0 Å². The van der Waals surface area contributed by atoms with Gasteiger partial charge in [0.25, 0.3) is 0 Å². The molecule has 0 aromatic carbocycles. The molecule has 98 valence electrons. The Bertz CT molecular complexity index is 169. The minimum absolute atomic E-state index is 0.187. The average molecular weight is 231 g/mol. The molecule has 0 radical (unpaired) electrons. The minimum atomic E-state index is -0.386. The fraction of sp³-hybridized carbons (Fsp3) is 1.00. The van der Waals surface area contributed by atoms with Gasteiger partial charge < -0.3 is 9.84 Å². The molecular weight excluding hydrogens is 202 g/mol. The van der Waals surface area contributed by atoms with Gasteiger partial charge in [0.15, 0.2) is 0 Å². The zero-order valence-corrected chi connectivity index (χ0v) is 11.7. The summed E-state index contributed by atoms with van der Waals surface area (Å²) in [4.78, 5) is 2.30. The first-order chi connectivity index (χ1) is 7.32. The number of aliphatic hydroxyl groups is 1. The van der Waals surface area contributed by atoms with E-state index in [2.05, 4.69) is 32.6 Å². The smallest absolute Gasteiger partial charge is 0.0900 e. The zero-order valence-electron chi connectivity index (χ0n) is 11.7. The molecule has 0 spiro atoms. The lowest BCUT2D eigenvalue weighted by Gasteiger charge is -2.30. The maximum Gasteiger partial charge on any atom is 0.0900 e. The topological polar surface area (TPSA) is 32.7 Å². The molecule has 3 nitrogen and oxygen atoms in total. The Morgan fingerprint density at radius 1 is 1.00 bits per heavy atom. The predicted octanol–water partition coefficient (Wildman–Crippen LogP) is 2.14. The molecule has 3 heteroatoms. The monoisotopic (exact) mass is 231 g/mol. The summed E-state index contributed by atoms with van der Waals surface area (Å²) in [5, 5.41) is 9.86. The van der Waals surface area contributed by atoms with Crippen molar-refractivity contribution in [3.05, 3.63) is 0 Å². The Kier molecular flexibility index (Phi) is 7.98. The van der Waals surface area contributed by atoms with E-state index in [-0.39, 0.29) is 12.2 Å². The second kappa shape index (κ2) is 8.04. The van der Waals surface area contributed by atoms with Crippen LogP contribution in [0.3, 0.4) is 0 Å². The highest BCUT2D eigenvalue weighted by Gasteiger charge is 2.16. The first-order valence-electron chi connectivity index (χ1n) is 6.36. The number of ether oxygens (including phenoxy) is 1. The van der Waals surface area contributed by atoms with Gasteiger partial charge in [0.2, 0.25) is 0 Å². The highest BCUT2D eigenvalue weighted by atomic mass is 16.5. The van der Waals surface area contributed by atoms with Gasteiger partial charge in [0, 0.05) is 19.1 Å². The fourth-order valence-corrected chi connectivity index (χ4v) is 1.59. The third-order valence-corrected chi connectivity index (χ3v) is 2.40. The number of hydrogen-bond donors (Lipinski definition) is 1. The summed E-state index contributed by atoms with van der Waals surface area (Å²) in [5.74, 6) is 0.626. The summed E-state index contributed by atoms with van der Waals surface area (Å²) >= 11 is 0. The van der Waals surface area contributed by atoms with Gasteiger partial charge in [-0.05, 0) is 33.6 Å². The van der Waals surface area contributed by atoms with E-state index < -0.39 is 0 Å². The van der Waals surface area contributed by atoms with E-state index in [1.165, 1.54) is 0 Å². The predicted molar refractivity (Wildman–Crippen MR) is 68.6 cm³/mol. The average Bonchev–Trinajstić information content (AvgIpc) is 2.12. The van der Waals surface area contributed by atoms with Crippen LogP contribution in [0, 0.1) is 5.92 Å². The van der Waals surface area contributed by atoms with Crippen LogP contribution in [-0.4, -0.2) is 48.0 Å². The maximum atomic E-state index is 9.86. The number of nitrogens with zero attached hydrogens (tertiary/aromatic N) is 1. The fourth-order valence-electron chi connectivity index (χ4n) is 1.59. The number of aliphatic hydroxyl groups excluding tert-OH is 1. The Balaban J connectivity index is 3.98. The van der Waals surface area contributed by atoms with Crippen molar-refractivity contribution in [3.8, 4) is 0 Å². The van der Waals surface area contributed by atoms with Crippen LogP contribution >= 0.6 is 0 Å². The maximum absolute atomic E-state index is 9.86. The molecule has 0 heterocycles. The first-order valence-corrected chi connectivity index (χ1v) is 6.36. The standard InChI is InChI=1S/C13H29NO2/c1-10(2)7-14(11(3)4)8-13(15)9-16-12(5)6/h10-13,15H,7-9H2,1-6H3. The van der Waals surface area contributed by atoms with Gasteiger partial charge in [-0.1, -0.05) is 13.8 Å². The first kappa shape index (κ1) is 15.9. The summed E-state index contributed by atoms with van der Waals surface area (Å²) in [6.45, 7) is 14.9. The molecule has 0 aliphatic carbocycles. The van der Waals surface area contributed by atoms with Gasteiger partial charge in [0.1, 0.15) is 0 Å². The third kappa shape index (κ3) is 8.08. The quantitative estimate of drug-likeness (QED) is 0.694. The molecule has 0 aliphatic heterocycles. The second-order valence-electron chi connectivity index (χ2n) is 5.48. The van der Waals surface area contributed by atoms with E-state index >= 15 is 0 Å². The zero-order chi connectivity index (χ0) is 12.7. The van der Waals surface area contributed by atoms with E-state index in [4.69, 9.17) is 4.74 Å². The summed E-state index contributed by atoms with van der Waals surface area (Å²) in [7, 11) is 0. The SMILES string of the molecule is CC(C)CN(CC(O)COC(C)C)C(C)C. The lowest BCUT2D eigenvalue weighted by atomic mass is 10.1. The van der Waals surface area contributed by atoms with Gasteiger partial charge in [0.05, 0.1) is 18.8 Å². The Morgan fingerprint density at radius 2 is 1.56 bits per heavy atom. The molecule has 1 N–H and O–H groups in total. The molecule has 16 heavy (non-hydrogen) atoms. The van der Waals surface area contributed by atoms with Crippen molar-refractivity contribution in [1.82, 2.24) is 4.90 Å². The van der Waals surface area contributed by atoms with Crippen LogP contribution in [0.25, 0.3) is 0 Å². The molecular formula is C13H29NO2. The summed E-state index contributed by atoms with van der Waals surface area (Å²) < 4.78 is 5.41. The van der Waals surface area contributed by atoms with Crippen LogP contribution in [-0.2, 0) is 4.74 Å².